The molecule has 0 radical (unpaired) electrons. The first-order valence-electron chi connectivity index (χ1n) is 9.13. The third kappa shape index (κ3) is 4.00. The van der Waals surface area contributed by atoms with E-state index in [4.69, 9.17) is 4.52 Å². The second-order valence-corrected chi connectivity index (χ2v) is 6.92. The minimum Gasteiger partial charge on any atom is -0.373 e. The highest BCUT2D eigenvalue weighted by Gasteiger charge is 2.31. The summed E-state index contributed by atoms with van der Waals surface area (Å²) in [6.07, 6.45) is 2.72. The van der Waals surface area contributed by atoms with E-state index in [2.05, 4.69) is 25.4 Å². The molecule has 1 saturated heterocycles. The number of nitrogens with zero attached hydrogens (tertiary/aromatic N) is 5. The molecule has 1 N–H and O–H groups in total. The molecule has 3 rings (SSSR count). The molecule has 1 aliphatic heterocycles. The van der Waals surface area contributed by atoms with Crippen LogP contribution < -0.4 is 5.32 Å². The molecule has 1 aliphatic rings. The maximum absolute atomic E-state index is 12.8. The van der Waals surface area contributed by atoms with Gasteiger partial charge in [-0.2, -0.15) is 4.98 Å². The van der Waals surface area contributed by atoms with Crippen LogP contribution in [0, 0.1) is 6.92 Å². The van der Waals surface area contributed by atoms with Crippen LogP contribution in [0.5, 0.6) is 0 Å². The maximum atomic E-state index is 12.8. The molecule has 0 bridgehead atoms. The average molecular weight is 358 g/mol. The van der Waals surface area contributed by atoms with Gasteiger partial charge in [0.15, 0.2) is 5.82 Å². The number of rotatable bonds is 6. The number of aryl methyl sites for hydroxylation is 2. The molecule has 0 aromatic carbocycles. The molecule has 2 aromatic heterocycles. The number of anilines is 1. The Morgan fingerprint density at radius 2 is 2.19 bits per heavy atom. The van der Waals surface area contributed by atoms with Crippen molar-refractivity contribution >= 4 is 11.7 Å². The molecule has 0 saturated carbocycles. The van der Waals surface area contributed by atoms with Crippen molar-refractivity contribution < 1.29 is 9.32 Å². The van der Waals surface area contributed by atoms with Gasteiger partial charge >= 0.3 is 0 Å². The Hall–Kier alpha value is -2.51. The lowest BCUT2D eigenvalue weighted by atomic mass is 10.1. The zero-order valence-electron chi connectivity index (χ0n) is 15.8. The van der Waals surface area contributed by atoms with Crippen molar-refractivity contribution in [3.05, 3.63) is 29.3 Å². The minimum atomic E-state index is 0.00482. The predicted octanol–water partition coefficient (Wildman–Crippen LogP) is 2.63. The van der Waals surface area contributed by atoms with Crippen LogP contribution in [0.25, 0.3) is 0 Å². The van der Waals surface area contributed by atoms with Gasteiger partial charge in [-0.25, -0.2) is 9.97 Å². The first kappa shape index (κ1) is 18.3. The summed E-state index contributed by atoms with van der Waals surface area (Å²) < 4.78 is 5.24. The molecule has 3 heterocycles. The Labute approximate surface area is 153 Å². The molecule has 0 unspecified atom stereocenters. The van der Waals surface area contributed by atoms with E-state index in [0.717, 1.165) is 30.9 Å². The van der Waals surface area contributed by atoms with E-state index in [1.54, 1.807) is 0 Å². The first-order chi connectivity index (χ1) is 12.5. The standard InChI is InChI=1S/C18H26N6O2/c1-11(2)18-22-16(26-23-18)7-8-17(25)24-9-5-6-14(24)13-10-15(19-4)21-12(3)20-13/h10-11,14H,5-9H2,1-4H3,(H,19,20,21)/t14-/m1/s1. The van der Waals surface area contributed by atoms with E-state index < -0.39 is 0 Å². The highest BCUT2D eigenvalue weighted by Crippen LogP contribution is 2.32. The van der Waals surface area contributed by atoms with E-state index in [1.165, 1.54) is 0 Å². The second kappa shape index (κ2) is 7.80. The number of amides is 1. The van der Waals surface area contributed by atoms with E-state index >= 15 is 0 Å². The fourth-order valence-corrected chi connectivity index (χ4v) is 3.22. The molecule has 140 valence electrons. The third-order valence-electron chi connectivity index (χ3n) is 4.58. The van der Waals surface area contributed by atoms with E-state index in [-0.39, 0.29) is 17.9 Å². The van der Waals surface area contributed by atoms with Gasteiger partial charge in [-0.1, -0.05) is 19.0 Å². The van der Waals surface area contributed by atoms with Crippen LogP contribution in [0.3, 0.4) is 0 Å². The van der Waals surface area contributed by atoms with Crippen molar-refractivity contribution in [2.75, 3.05) is 18.9 Å². The Balaban J connectivity index is 1.67. The molecule has 8 heteroatoms. The molecule has 0 aliphatic carbocycles. The van der Waals surface area contributed by atoms with Crippen molar-refractivity contribution in [2.45, 2.75) is 58.4 Å². The lowest BCUT2D eigenvalue weighted by Gasteiger charge is -2.24. The third-order valence-corrected chi connectivity index (χ3v) is 4.58. The van der Waals surface area contributed by atoms with Crippen LogP contribution in [0.15, 0.2) is 10.6 Å². The number of aromatic nitrogens is 4. The summed E-state index contributed by atoms with van der Waals surface area (Å²) in [6.45, 7) is 6.64. The summed E-state index contributed by atoms with van der Waals surface area (Å²) >= 11 is 0. The van der Waals surface area contributed by atoms with Crippen molar-refractivity contribution in [1.29, 1.82) is 0 Å². The van der Waals surface area contributed by atoms with Crippen LogP contribution >= 0.6 is 0 Å². The summed E-state index contributed by atoms with van der Waals surface area (Å²) in [7, 11) is 1.83. The summed E-state index contributed by atoms with van der Waals surface area (Å²) in [4.78, 5) is 27.9. The van der Waals surface area contributed by atoms with Crippen LogP contribution in [0.4, 0.5) is 5.82 Å². The molecule has 1 fully saturated rings. The van der Waals surface area contributed by atoms with Gasteiger partial charge in [0.05, 0.1) is 11.7 Å². The molecule has 1 atom stereocenters. The lowest BCUT2D eigenvalue weighted by Crippen LogP contribution is -2.31. The smallest absolute Gasteiger partial charge is 0.227 e. The number of nitrogens with one attached hydrogen (secondary N) is 1. The van der Waals surface area contributed by atoms with E-state index in [1.807, 2.05) is 38.8 Å². The number of hydrogen-bond donors (Lipinski definition) is 1. The fourth-order valence-electron chi connectivity index (χ4n) is 3.22. The van der Waals surface area contributed by atoms with Gasteiger partial charge in [0.1, 0.15) is 11.6 Å². The molecule has 1 amide bonds. The maximum Gasteiger partial charge on any atom is 0.227 e. The van der Waals surface area contributed by atoms with Crippen molar-refractivity contribution in [3.8, 4) is 0 Å². The number of likely N-dealkylation sites (tertiary alicyclic amines) is 1. The largest absolute Gasteiger partial charge is 0.373 e. The predicted molar refractivity (Wildman–Crippen MR) is 96.7 cm³/mol. The zero-order valence-corrected chi connectivity index (χ0v) is 15.8. The molecule has 8 nitrogen and oxygen atoms in total. The van der Waals surface area contributed by atoms with Crippen molar-refractivity contribution in [3.63, 3.8) is 0 Å². The summed E-state index contributed by atoms with van der Waals surface area (Å²) in [6, 6.07) is 1.93. The SMILES string of the molecule is CNc1cc([C@H]2CCCN2C(=O)CCc2nc(C(C)C)no2)nc(C)n1. The molecular weight excluding hydrogens is 332 g/mol. The van der Waals surface area contributed by atoms with Crippen LogP contribution in [0.2, 0.25) is 0 Å². The lowest BCUT2D eigenvalue weighted by molar-refractivity contribution is -0.132. The molecule has 2 aromatic rings. The van der Waals surface area contributed by atoms with Gasteiger partial charge in [0.25, 0.3) is 0 Å². The number of hydrogen-bond acceptors (Lipinski definition) is 7. The minimum absolute atomic E-state index is 0.00482. The highest BCUT2D eigenvalue weighted by atomic mass is 16.5. The Bertz CT molecular complexity index is 773. The average Bonchev–Trinajstić information content (AvgIpc) is 3.28. The van der Waals surface area contributed by atoms with Gasteiger partial charge in [0.2, 0.25) is 11.8 Å². The summed E-state index contributed by atoms with van der Waals surface area (Å²) in [5.41, 5.74) is 0.896. The first-order valence-corrected chi connectivity index (χ1v) is 9.13. The fraction of sp³-hybridized carbons (Fsp3) is 0.611. The van der Waals surface area contributed by atoms with E-state index in [9.17, 15) is 4.79 Å². The molecular formula is C18H26N6O2. The quantitative estimate of drug-likeness (QED) is 0.847. The number of carbonyl (C=O) groups excluding carboxylic acids is 1. The second-order valence-electron chi connectivity index (χ2n) is 6.92. The molecule has 26 heavy (non-hydrogen) atoms. The van der Waals surface area contributed by atoms with Crippen molar-refractivity contribution in [1.82, 2.24) is 25.0 Å². The topological polar surface area (TPSA) is 97.0 Å². The highest BCUT2D eigenvalue weighted by molar-refractivity contribution is 5.77. The number of carbonyl (C=O) groups is 1. The van der Waals surface area contributed by atoms with Crippen molar-refractivity contribution in [2.24, 2.45) is 0 Å². The zero-order chi connectivity index (χ0) is 18.7. The van der Waals surface area contributed by atoms with Crippen LogP contribution in [0.1, 0.15) is 68.3 Å². The van der Waals surface area contributed by atoms with Crippen LogP contribution in [-0.4, -0.2) is 44.5 Å². The summed E-state index contributed by atoms with van der Waals surface area (Å²) in [5.74, 6) is 3.00. The van der Waals surface area contributed by atoms with E-state index in [0.29, 0.717) is 30.4 Å². The normalized spacial score (nSPS) is 17.1. The monoisotopic (exact) mass is 358 g/mol. The summed E-state index contributed by atoms with van der Waals surface area (Å²) in [5, 5.41) is 7.00. The Kier molecular flexibility index (Phi) is 5.49. The van der Waals surface area contributed by atoms with Gasteiger partial charge in [-0.3, -0.25) is 4.79 Å². The van der Waals surface area contributed by atoms with Gasteiger partial charge in [0, 0.05) is 38.4 Å². The Morgan fingerprint density at radius 1 is 1.38 bits per heavy atom. The van der Waals surface area contributed by atoms with Gasteiger partial charge in [-0.05, 0) is 19.8 Å². The van der Waals surface area contributed by atoms with Gasteiger partial charge in [-0.15, -0.1) is 0 Å². The van der Waals surface area contributed by atoms with Crippen LogP contribution in [-0.2, 0) is 11.2 Å². The molecule has 0 spiro atoms. The van der Waals surface area contributed by atoms with Gasteiger partial charge < -0.3 is 14.7 Å². The Morgan fingerprint density at radius 3 is 2.88 bits per heavy atom.